The molecule has 0 amide bonds. The van der Waals surface area contributed by atoms with Crippen molar-refractivity contribution in [2.24, 2.45) is 4.36 Å². The minimum atomic E-state index is -2.58. The van der Waals surface area contributed by atoms with Gasteiger partial charge in [-0.05, 0) is 78.8 Å². The molecule has 13 heteroatoms. The molecule has 5 aromatic carbocycles. The molecule has 7 rings (SSSR count). The molecule has 7 aromatic rings. The number of nitrogens with one attached hydrogen (secondary N) is 2. The van der Waals surface area contributed by atoms with Crippen molar-refractivity contribution >= 4 is 84.2 Å². The standard InChI is InChI=1S/C23H21N3O3S.C22H27BrN2O2Si/c1-29-19-13-17(12-18(27)15-19)25-23-10-11-24-22-9-8-16(14-21(22)23)26-30(2,28)20-6-4-3-5-7-20;1-22(2,3)28(5,6)27-18-13-16(12-17(14-18)26-4)25-21-9-10-24-20-8-7-15(23)11-19(20)21/h3-15,27H,1-2H3,(H,24,25);7-14H,1-6H3,(H,24,25)/t30-;/m1./s1. The smallest absolute Gasteiger partial charge is 0.250 e. The summed E-state index contributed by atoms with van der Waals surface area (Å²) in [6, 6.07) is 35.5. The number of ether oxygens (including phenoxy) is 2. The van der Waals surface area contributed by atoms with E-state index in [9.17, 15) is 9.32 Å². The van der Waals surface area contributed by atoms with Crippen LogP contribution in [-0.4, -0.2) is 48.1 Å². The quantitative estimate of drug-likeness (QED) is 0.115. The van der Waals surface area contributed by atoms with Gasteiger partial charge in [0.15, 0.2) is 0 Å². The molecule has 3 N–H and O–H groups in total. The van der Waals surface area contributed by atoms with Crippen LogP contribution in [0.3, 0.4) is 0 Å². The van der Waals surface area contributed by atoms with E-state index in [2.05, 4.69) is 80.8 Å². The van der Waals surface area contributed by atoms with Gasteiger partial charge in [-0.2, -0.15) is 4.36 Å². The number of anilines is 4. The molecule has 0 aliphatic rings. The van der Waals surface area contributed by atoms with E-state index >= 15 is 0 Å². The van der Waals surface area contributed by atoms with Gasteiger partial charge in [-0.1, -0.05) is 54.9 Å². The van der Waals surface area contributed by atoms with Crippen molar-refractivity contribution in [1.29, 1.82) is 0 Å². The number of rotatable bonds is 10. The molecule has 0 saturated carbocycles. The number of phenols is 1. The second-order valence-corrected chi connectivity index (χ2v) is 23.1. The van der Waals surface area contributed by atoms with E-state index < -0.39 is 18.0 Å². The van der Waals surface area contributed by atoms with Crippen molar-refractivity contribution in [2.75, 3.05) is 31.1 Å². The first-order valence-electron chi connectivity index (χ1n) is 18.5. The molecule has 0 fully saturated rings. The molecule has 0 radical (unpaired) electrons. The number of halogens is 1. The maximum Gasteiger partial charge on any atom is 0.250 e. The van der Waals surface area contributed by atoms with E-state index in [1.54, 1.807) is 38.8 Å². The van der Waals surface area contributed by atoms with E-state index in [-0.39, 0.29) is 10.8 Å². The Balaban J connectivity index is 0.000000196. The van der Waals surface area contributed by atoms with Crippen LogP contribution in [0.2, 0.25) is 18.1 Å². The van der Waals surface area contributed by atoms with Gasteiger partial charge < -0.3 is 29.6 Å². The van der Waals surface area contributed by atoms with Crippen molar-refractivity contribution in [3.05, 3.63) is 132 Å². The SMILES string of the molecule is COc1cc(Nc2ccnc3ccc(Br)cc23)cc(O[Si](C)(C)C(C)(C)C)c1.COc1cc(O)cc(Nc2ccnc3ccc(N=[S@](C)(=O)c4ccccc4)cc23)c1. The average molecular weight is 879 g/mol. The Bertz CT molecular complexity index is 2700. The van der Waals surface area contributed by atoms with Gasteiger partial charge in [0, 0.05) is 97.9 Å². The summed E-state index contributed by atoms with van der Waals surface area (Å²) in [6.45, 7) is 11.2. The van der Waals surface area contributed by atoms with E-state index in [1.807, 2.05) is 97.2 Å². The summed E-state index contributed by atoms with van der Waals surface area (Å²) in [5.74, 6) is 2.23. The Hall–Kier alpha value is -5.63. The summed E-state index contributed by atoms with van der Waals surface area (Å²) in [6.07, 6.45) is 5.15. The van der Waals surface area contributed by atoms with Crippen LogP contribution in [-0.2, 0) is 9.73 Å². The van der Waals surface area contributed by atoms with Crippen molar-refractivity contribution in [3.8, 4) is 23.0 Å². The fourth-order valence-corrected chi connectivity index (χ4v) is 8.46. The zero-order valence-corrected chi connectivity index (χ0v) is 37.2. The molecule has 10 nitrogen and oxygen atoms in total. The van der Waals surface area contributed by atoms with Crippen molar-refractivity contribution < 1.29 is 23.2 Å². The molecule has 0 spiro atoms. The van der Waals surface area contributed by atoms with Crippen LogP contribution in [0.5, 0.6) is 23.0 Å². The fourth-order valence-electron chi connectivity index (χ4n) is 5.81. The molecule has 1 atom stereocenters. The van der Waals surface area contributed by atoms with Gasteiger partial charge in [0.25, 0.3) is 0 Å². The lowest BCUT2D eigenvalue weighted by Crippen LogP contribution is -2.43. The van der Waals surface area contributed by atoms with Gasteiger partial charge in [0.2, 0.25) is 8.32 Å². The number of aromatic nitrogens is 2. The molecule has 300 valence electrons. The summed E-state index contributed by atoms with van der Waals surface area (Å²) >= 11 is 3.55. The molecule has 0 aliphatic carbocycles. The summed E-state index contributed by atoms with van der Waals surface area (Å²) in [5.41, 5.74) is 5.67. The average Bonchev–Trinajstić information content (AvgIpc) is 3.18. The maximum atomic E-state index is 13.1. The molecule has 0 aliphatic heterocycles. The number of nitrogens with zero attached hydrogens (tertiary/aromatic N) is 3. The second-order valence-electron chi connectivity index (χ2n) is 15.2. The van der Waals surface area contributed by atoms with Gasteiger partial charge >= 0.3 is 0 Å². The number of aromatic hydroxyl groups is 1. The fraction of sp³-hybridized carbons (Fsp3) is 0.200. The Morgan fingerprint density at radius 2 is 1.26 bits per heavy atom. The molecule has 0 saturated heterocycles. The molecule has 0 unspecified atom stereocenters. The number of benzene rings is 5. The van der Waals surface area contributed by atoms with Gasteiger partial charge in [-0.25, -0.2) is 4.21 Å². The number of methoxy groups -OCH3 is 2. The highest BCUT2D eigenvalue weighted by Gasteiger charge is 2.39. The third-order valence-corrected chi connectivity index (χ3v) is 16.4. The number of pyridine rings is 2. The minimum Gasteiger partial charge on any atom is -0.543 e. The van der Waals surface area contributed by atoms with Gasteiger partial charge in [0.1, 0.15) is 23.0 Å². The van der Waals surface area contributed by atoms with Crippen molar-refractivity contribution in [1.82, 2.24) is 9.97 Å². The van der Waals surface area contributed by atoms with Crippen LogP contribution in [0, 0.1) is 0 Å². The highest BCUT2D eigenvalue weighted by atomic mass is 79.9. The zero-order valence-electron chi connectivity index (χ0n) is 33.8. The van der Waals surface area contributed by atoms with Gasteiger partial charge in [-0.15, -0.1) is 0 Å². The summed E-state index contributed by atoms with van der Waals surface area (Å²) in [4.78, 5) is 9.53. The van der Waals surface area contributed by atoms with Crippen LogP contribution < -0.4 is 24.5 Å². The monoisotopic (exact) mass is 877 g/mol. The van der Waals surface area contributed by atoms with Crippen LogP contribution in [0.15, 0.2) is 141 Å². The third-order valence-electron chi connectivity index (χ3n) is 9.87. The lowest BCUT2D eigenvalue weighted by molar-refractivity contribution is 0.408. The lowest BCUT2D eigenvalue weighted by atomic mass is 10.1. The van der Waals surface area contributed by atoms with Crippen LogP contribution in [0.4, 0.5) is 28.4 Å². The number of hydrogen-bond acceptors (Lipinski definition) is 10. The summed E-state index contributed by atoms with van der Waals surface area (Å²) in [5, 5.41) is 18.7. The largest absolute Gasteiger partial charge is 0.543 e. The number of fused-ring (bicyclic) bond motifs is 2. The minimum absolute atomic E-state index is 0.0967. The maximum absolute atomic E-state index is 13.1. The third kappa shape index (κ3) is 10.3. The highest BCUT2D eigenvalue weighted by Crippen LogP contribution is 2.40. The lowest BCUT2D eigenvalue weighted by Gasteiger charge is -2.36. The van der Waals surface area contributed by atoms with E-state index in [0.29, 0.717) is 22.0 Å². The van der Waals surface area contributed by atoms with Crippen LogP contribution in [0.25, 0.3) is 21.8 Å². The van der Waals surface area contributed by atoms with Crippen molar-refractivity contribution in [2.45, 2.75) is 43.8 Å². The Labute approximate surface area is 350 Å². The first-order chi connectivity index (χ1) is 27.5. The second kappa shape index (κ2) is 17.5. The predicted octanol–water partition coefficient (Wildman–Crippen LogP) is 12.6. The Morgan fingerprint density at radius 1 is 0.707 bits per heavy atom. The van der Waals surface area contributed by atoms with Crippen molar-refractivity contribution in [3.63, 3.8) is 0 Å². The summed E-state index contributed by atoms with van der Waals surface area (Å²) < 4.78 is 35.9. The molecule has 2 heterocycles. The molecular weight excluding hydrogens is 831 g/mol. The Morgan fingerprint density at radius 3 is 1.86 bits per heavy atom. The number of hydrogen-bond donors (Lipinski definition) is 3. The molecule has 0 bridgehead atoms. The van der Waals surface area contributed by atoms with Crippen LogP contribution in [0.1, 0.15) is 20.8 Å². The van der Waals surface area contributed by atoms with Gasteiger partial charge in [0.05, 0.1) is 40.7 Å². The van der Waals surface area contributed by atoms with Crippen LogP contribution >= 0.6 is 15.9 Å². The molecule has 58 heavy (non-hydrogen) atoms. The predicted molar refractivity (Wildman–Crippen MR) is 244 cm³/mol. The highest BCUT2D eigenvalue weighted by molar-refractivity contribution is 9.10. The topological polar surface area (TPSA) is 127 Å². The molecular formula is C45H48BrN5O5SSi. The summed E-state index contributed by atoms with van der Waals surface area (Å²) in [7, 11) is -1.31. The van der Waals surface area contributed by atoms with E-state index in [1.165, 1.54) is 6.07 Å². The van der Waals surface area contributed by atoms with E-state index in [0.717, 1.165) is 54.8 Å². The zero-order chi connectivity index (χ0) is 41.7. The normalized spacial score (nSPS) is 12.5. The van der Waals surface area contributed by atoms with Gasteiger partial charge in [-0.3, -0.25) is 9.97 Å². The molecule has 2 aromatic heterocycles. The van der Waals surface area contributed by atoms with E-state index in [4.69, 9.17) is 13.9 Å². The Kier molecular flexibility index (Phi) is 12.6. The first kappa shape index (κ1) is 42.0. The first-order valence-corrected chi connectivity index (χ1v) is 24.2. The number of phenolic OH excluding ortho intramolecular Hbond substituents is 1.